The van der Waals surface area contributed by atoms with Gasteiger partial charge in [0.25, 0.3) is 0 Å². The molecule has 0 radical (unpaired) electrons. The number of hydrogen-bond acceptors (Lipinski definition) is 3. The van der Waals surface area contributed by atoms with E-state index in [-0.39, 0.29) is 12.1 Å². The van der Waals surface area contributed by atoms with Crippen LogP contribution in [0.15, 0.2) is 24.3 Å². The number of piperidine rings is 1. The van der Waals surface area contributed by atoms with Crippen molar-refractivity contribution in [2.45, 2.75) is 57.0 Å². The molecule has 0 aliphatic carbocycles. The van der Waals surface area contributed by atoms with Gasteiger partial charge in [-0.25, -0.2) is 0 Å². The van der Waals surface area contributed by atoms with Gasteiger partial charge < -0.3 is 5.11 Å². The molecule has 3 nitrogen and oxygen atoms in total. The van der Waals surface area contributed by atoms with Gasteiger partial charge in [0.2, 0.25) is 0 Å². The fourth-order valence-corrected chi connectivity index (χ4v) is 4.04. The summed E-state index contributed by atoms with van der Waals surface area (Å²) < 4.78 is 37.9. The fraction of sp³-hybridized carbons (Fsp3) is 0.684. The molecule has 3 rings (SSSR count). The van der Waals surface area contributed by atoms with Crippen molar-refractivity contribution in [1.29, 1.82) is 0 Å². The molecule has 6 heteroatoms. The number of aliphatic hydroxyl groups is 1. The first-order chi connectivity index (χ1) is 11.9. The van der Waals surface area contributed by atoms with E-state index in [9.17, 15) is 18.3 Å². The van der Waals surface area contributed by atoms with E-state index < -0.39 is 11.7 Å². The summed E-state index contributed by atoms with van der Waals surface area (Å²) in [7, 11) is 0. The third-order valence-corrected chi connectivity index (χ3v) is 5.43. The molecule has 2 aliphatic heterocycles. The van der Waals surface area contributed by atoms with Crippen molar-refractivity contribution in [2.75, 3.05) is 26.2 Å². The zero-order valence-electron chi connectivity index (χ0n) is 14.5. The van der Waals surface area contributed by atoms with E-state index in [0.29, 0.717) is 13.1 Å². The predicted molar refractivity (Wildman–Crippen MR) is 91.2 cm³/mol. The van der Waals surface area contributed by atoms with Crippen molar-refractivity contribution in [1.82, 2.24) is 9.80 Å². The van der Waals surface area contributed by atoms with Crippen molar-refractivity contribution in [3.05, 3.63) is 35.4 Å². The SMILES string of the molecule is O[C@@H]1CN(Cc2ccc(C(F)(F)F)cc2)CC[C@H]1N1CCCCCC1. The minimum Gasteiger partial charge on any atom is -0.390 e. The lowest BCUT2D eigenvalue weighted by Gasteiger charge is -2.41. The molecular formula is C19H27F3N2O. The Kier molecular flexibility index (Phi) is 6.02. The van der Waals surface area contributed by atoms with Crippen molar-refractivity contribution in [3.8, 4) is 0 Å². The van der Waals surface area contributed by atoms with Crippen LogP contribution in [-0.2, 0) is 12.7 Å². The number of rotatable bonds is 3. The molecule has 2 heterocycles. The van der Waals surface area contributed by atoms with Crippen LogP contribution in [0.2, 0.25) is 0 Å². The molecule has 0 saturated carbocycles. The smallest absolute Gasteiger partial charge is 0.390 e. The van der Waals surface area contributed by atoms with Gasteiger partial charge in [-0.15, -0.1) is 0 Å². The Bertz CT molecular complexity index is 539. The second-order valence-corrected chi connectivity index (χ2v) is 7.30. The molecule has 0 aromatic heterocycles. The summed E-state index contributed by atoms with van der Waals surface area (Å²) in [6, 6.07) is 5.57. The molecule has 0 spiro atoms. The highest BCUT2D eigenvalue weighted by Crippen LogP contribution is 2.29. The van der Waals surface area contributed by atoms with Crippen LogP contribution in [-0.4, -0.2) is 53.2 Å². The van der Waals surface area contributed by atoms with Crippen LogP contribution in [0.5, 0.6) is 0 Å². The monoisotopic (exact) mass is 356 g/mol. The Morgan fingerprint density at radius 1 is 0.960 bits per heavy atom. The third kappa shape index (κ3) is 4.96. The predicted octanol–water partition coefficient (Wildman–Crippen LogP) is 3.52. The first-order valence-corrected chi connectivity index (χ1v) is 9.24. The molecule has 2 atom stereocenters. The van der Waals surface area contributed by atoms with E-state index in [4.69, 9.17) is 0 Å². The Hall–Kier alpha value is -1.11. The molecule has 25 heavy (non-hydrogen) atoms. The number of alkyl halides is 3. The average molecular weight is 356 g/mol. The quantitative estimate of drug-likeness (QED) is 0.898. The van der Waals surface area contributed by atoms with Gasteiger partial charge in [0, 0.05) is 25.7 Å². The summed E-state index contributed by atoms with van der Waals surface area (Å²) in [6.07, 6.45) is 1.21. The van der Waals surface area contributed by atoms with Gasteiger partial charge >= 0.3 is 6.18 Å². The zero-order chi connectivity index (χ0) is 17.9. The standard InChI is InChI=1S/C19H27F3N2O/c20-19(21,22)16-7-5-15(6-8-16)13-23-12-9-17(18(25)14-23)24-10-3-1-2-4-11-24/h5-8,17-18,25H,1-4,9-14H2/t17-,18-/m1/s1. The van der Waals surface area contributed by atoms with Crippen LogP contribution >= 0.6 is 0 Å². The van der Waals surface area contributed by atoms with Gasteiger partial charge in [-0.3, -0.25) is 9.80 Å². The van der Waals surface area contributed by atoms with Crippen LogP contribution in [0.1, 0.15) is 43.2 Å². The van der Waals surface area contributed by atoms with E-state index in [0.717, 1.165) is 43.8 Å². The van der Waals surface area contributed by atoms with Crippen LogP contribution in [0, 0.1) is 0 Å². The molecule has 2 fully saturated rings. The summed E-state index contributed by atoms with van der Waals surface area (Å²) in [5.41, 5.74) is 0.240. The highest BCUT2D eigenvalue weighted by atomic mass is 19.4. The number of aliphatic hydroxyl groups excluding tert-OH is 1. The number of nitrogens with zero attached hydrogens (tertiary/aromatic N) is 2. The summed E-state index contributed by atoms with van der Waals surface area (Å²) >= 11 is 0. The first kappa shape index (κ1) is 18.7. The summed E-state index contributed by atoms with van der Waals surface area (Å²) in [5, 5.41) is 10.6. The minimum absolute atomic E-state index is 0.224. The van der Waals surface area contributed by atoms with Crippen molar-refractivity contribution < 1.29 is 18.3 Å². The Morgan fingerprint density at radius 2 is 1.60 bits per heavy atom. The van der Waals surface area contributed by atoms with Gasteiger partial charge in [-0.05, 0) is 50.0 Å². The fourth-order valence-electron chi connectivity index (χ4n) is 4.04. The number of benzene rings is 1. The maximum absolute atomic E-state index is 12.6. The van der Waals surface area contributed by atoms with Crippen LogP contribution < -0.4 is 0 Å². The number of likely N-dealkylation sites (tertiary alicyclic amines) is 2. The van der Waals surface area contributed by atoms with E-state index in [1.807, 2.05) is 0 Å². The Labute approximate surface area is 147 Å². The second-order valence-electron chi connectivity index (χ2n) is 7.30. The van der Waals surface area contributed by atoms with Crippen molar-refractivity contribution in [3.63, 3.8) is 0 Å². The normalized spacial score (nSPS) is 27.2. The lowest BCUT2D eigenvalue weighted by Crippen LogP contribution is -2.54. The van der Waals surface area contributed by atoms with E-state index >= 15 is 0 Å². The lowest BCUT2D eigenvalue weighted by atomic mass is 9.99. The highest BCUT2D eigenvalue weighted by molar-refractivity contribution is 5.24. The Morgan fingerprint density at radius 3 is 2.16 bits per heavy atom. The second kappa shape index (κ2) is 8.06. The van der Waals surface area contributed by atoms with Crippen LogP contribution in [0.25, 0.3) is 0 Å². The van der Waals surface area contributed by atoms with E-state index in [2.05, 4.69) is 9.80 Å². The van der Waals surface area contributed by atoms with E-state index in [1.165, 1.54) is 37.8 Å². The van der Waals surface area contributed by atoms with E-state index in [1.54, 1.807) is 0 Å². The van der Waals surface area contributed by atoms with Crippen molar-refractivity contribution in [2.24, 2.45) is 0 Å². The molecule has 2 aliphatic rings. The molecule has 0 bridgehead atoms. The third-order valence-electron chi connectivity index (χ3n) is 5.43. The molecule has 0 amide bonds. The minimum atomic E-state index is -4.29. The first-order valence-electron chi connectivity index (χ1n) is 9.24. The number of halogens is 3. The lowest BCUT2D eigenvalue weighted by molar-refractivity contribution is -0.137. The largest absolute Gasteiger partial charge is 0.416 e. The summed E-state index contributed by atoms with van der Waals surface area (Å²) in [6.45, 7) is 4.19. The number of β-amino-alcohol motifs (C(OH)–C–C–N with tert-alkyl or cyclic N) is 1. The summed E-state index contributed by atoms with van der Waals surface area (Å²) in [5.74, 6) is 0. The summed E-state index contributed by atoms with van der Waals surface area (Å²) in [4.78, 5) is 4.58. The maximum atomic E-state index is 12.6. The Balaban J connectivity index is 1.54. The topological polar surface area (TPSA) is 26.7 Å². The molecule has 1 aromatic carbocycles. The van der Waals surface area contributed by atoms with Crippen LogP contribution in [0.3, 0.4) is 0 Å². The van der Waals surface area contributed by atoms with Gasteiger partial charge in [0.1, 0.15) is 0 Å². The van der Waals surface area contributed by atoms with Crippen molar-refractivity contribution >= 4 is 0 Å². The van der Waals surface area contributed by atoms with Crippen LogP contribution in [0.4, 0.5) is 13.2 Å². The van der Waals surface area contributed by atoms with Gasteiger partial charge in [0.15, 0.2) is 0 Å². The highest BCUT2D eigenvalue weighted by Gasteiger charge is 2.33. The maximum Gasteiger partial charge on any atom is 0.416 e. The van der Waals surface area contributed by atoms with Gasteiger partial charge in [-0.2, -0.15) is 13.2 Å². The molecule has 1 aromatic rings. The van der Waals surface area contributed by atoms with Gasteiger partial charge in [0.05, 0.1) is 11.7 Å². The molecule has 140 valence electrons. The molecule has 1 N–H and O–H groups in total. The average Bonchev–Trinajstić information content (AvgIpc) is 2.84. The molecule has 2 saturated heterocycles. The van der Waals surface area contributed by atoms with Gasteiger partial charge in [-0.1, -0.05) is 25.0 Å². The molecule has 0 unspecified atom stereocenters. The zero-order valence-corrected chi connectivity index (χ0v) is 14.5. The number of hydrogen-bond donors (Lipinski definition) is 1. The molecular weight excluding hydrogens is 329 g/mol.